The minimum atomic E-state index is -1.82. The molecule has 0 aliphatic heterocycles. The number of hydrogen-bond donors (Lipinski definition) is 3. The number of halogens is 5. The standard InChI is InChI=1S/C16H12BrCl3IN3OS/c17-10-4-6-12(7-5-10)22-15(26)24-14(16(18,19)20)23-13(25)9-2-1-3-11(21)8-9/h1-8,14H,(H,23,25)(H2,22,24,26). The molecular formula is C16H12BrCl3IN3OS. The highest BCUT2D eigenvalue weighted by Crippen LogP contribution is 2.29. The summed E-state index contributed by atoms with van der Waals surface area (Å²) in [7, 11) is 0. The van der Waals surface area contributed by atoms with Crippen LogP contribution < -0.4 is 16.0 Å². The second-order valence-corrected chi connectivity index (χ2v) is 10.0. The van der Waals surface area contributed by atoms with Gasteiger partial charge >= 0.3 is 0 Å². The Morgan fingerprint density at radius 2 is 1.77 bits per heavy atom. The lowest BCUT2D eigenvalue weighted by atomic mass is 10.2. The summed E-state index contributed by atoms with van der Waals surface area (Å²) in [5.74, 6) is -0.390. The van der Waals surface area contributed by atoms with Crippen molar-refractivity contribution >= 4 is 102 Å². The van der Waals surface area contributed by atoms with Crippen molar-refractivity contribution in [1.29, 1.82) is 0 Å². The van der Waals surface area contributed by atoms with Crippen LogP contribution in [-0.4, -0.2) is 21.0 Å². The van der Waals surface area contributed by atoms with E-state index in [0.29, 0.717) is 5.56 Å². The van der Waals surface area contributed by atoms with Crippen molar-refractivity contribution in [2.24, 2.45) is 0 Å². The molecule has 0 spiro atoms. The number of hydrogen-bond acceptors (Lipinski definition) is 2. The smallest absolute Gasteiger partial charge is 0.253 e. The van der Waals surface area contributed by atoms with E-state index >= 15 is 0 Å². The van der Waals surface area contributed by atoms with Crippen LogP contribution in [0.4, 0.5) is 5.69 Å². The largest absolute Gasteiger partial charge is 0.339 e. The molecule has 4 nitrogen and oxygen atoms in total. The van der Waals surface area contributed by atoms with Crippen LogP contribution in [0.1, 0.15) is 10.4 Å². The van der Waals surface area contributed by atoms with Gasteiger partial charge in [-0.05, 0) is 77.3 Å². The summed E-state index contributed by atoms with van der Waals surface area (Å²) >= 11 is 28.7. The number of carbonyl (C=O) groups is 1. The van der Waals surface area contributed by atoms with Crippen molar-refractivity contribution in [2.75, 3.05) is 5.32 Å². The van der Waals surface area contributed by atoms with E-state index in [0.717, 1.165) is 13.7 Å². The monoisotopic (exact) mass is 605 g/mol. The van der Waals surface area contributed by atoms with E-state index in [2.05, 4.69) is 54.5 Å². The van der Waals surface area contributed by atoms with E-state index < -0.39 is 15.9 Å². The third-order valence-electron chi connectivity index (χ3n) is 3.07. The number of alkyl halides is 3. The average Bonchev–Trinajstić information content (AvgIpc) is 2.55. The lowest BCUT2D eigenvalue weighted by molar-refractivity contribution is 0.0934. The zero-order valence-corrected chi connectivity index (χ0v) is 19.7. The topological polar surface area (TPSA) is 53.2 Å². The molecule has 10 heteroatoms. The molecule has 2 aromatic rings. The molecule has 0 fully saturated rings. The van der Waals surface area contributed by atoms with Crippen LogP contribution >= 0.6 is 85.5 Å². The first-order chi connectivity index (χ1) is 12.1. The number of nitrogens with one attached hydrogen (secondary N) is 3. The molecule has 0 aromatic heterocycles. The number of carbonyl (C=O) groups excluding carboxylic acids is 1. The van der Waals surface area contributed by atoms with E-state index in [1.54, 1.807) is 18.2 Å². The Balaban J connectivity index is 2.06. The molecule has 0 saturated carbocycles. The molecule has 1 atom stereocenters. The van der Waals surface area contributed by atoms with Crippen molar-refractivity contribution in [3.63, 3.8) is 0 Å². The van der Waals surface area contributed by atoms with E-state index in [9.17, 15) is 4.79 Å². The van der Waals surface area contributed by atoms with Crippen molar-refractivity contribution in [2.45, 2.75) is 9.96 Å². The van der Waals surface area contributed by atoms with Gasteiger partial charge in [0.25, 0.3) is 5.91 Å². The van der Waals surface area contributed by atoms with Crippen molar-refractivity contribution in [1.82, 2.24) is 10.6 Å². The maximum atomic E-state index is 12.4. The van der Waals surface area contributed by atoms with Crippen LogP contribution in [0.2, 0.25) is 0 Å². The Labute approximate surface area is 193 Å². The maximum absolute atomic E-state index is 12.4. The number of rotatable bonds is 4. The molecular weight excluding hydrogens is 595 g/mol. The fraction of sp³-hybridized carbons (Fsp3) is 0.125. The van der Waals surface area contributed by atoms with Gasteiger partial charge in [0.1, 0.15) is 6.17 Å². The normalized spacial score (nSPS) is 12.2. The summed E-state index contributed by atoms with van der Waals surface area (Å²) in [5.41, 5.74) is 1.20. The van der Waals surface area contributed by atoms with E-state index in [4.69, 9.17) is 47.0 Å². The van der Waals surface area contributed by atoms with Crippen LogP contribution in [-0.2, 0) is 0 Å². The number of amides is 1. The van der Waals surface area contributed by atoms with Crippen LogP contribution in [0.25, 0.3) is 0 Å². The molecule has 1 unspecified atom stereocenters. The van der Waals surface area contributed by atoms with Gasteiger partial charge in [-0.2, -0.15) is 0 Å². The molecule has 2 rings (SSSR count). The van der Waals surface area contributed by atoms with Gasteiger partial charge in [0.15, 0.2) is 5.11 Å². The minimum Gasteiger partial charge on any atom is -0.339 e. The van der Waals surface area contributed by atoms with Gasteiger partial charge in [-0.25, -0.2) is 0 Å². The van der Waals surface area contributed by atoms with Crippen LogP contribution in [0.15, 0.2) is 53.0 Å². The lowest BCUT2D eigenvalue weighted by Crippen LogP contribution is -2.56. The molecule has 3 N–H and O–H groups in total. The molecule has 0 bridgehead atoms. The van der Waals surface area contributed by atoms with Crippen molar-refractivity contribution in [3.05, 3.63) is 62.1 Å². The van der Waals surface area contributed by atoms with Gasteiger partial charge in [0.05, 0.1) is 0 Å². The second-order valence-electron chi connectivity index (χ2n) is 5.06. The third kappa shape index (κ3) is 7.01. The predicted octanol–water partition coefficient (Wildman–Crippen LogP) is 5.47. The van der Waals surface area contributed by atoms with E-state index in [1.165, 1.54) is 0 Å². The van der Waals surface area contributed by atoms with Crippen LogP contribution in [0.3, 0.4) is 0 Å². The average molecular weight is 608 g/mol. The van der Waals surface area contributed by atoms with Crippen molar-refractivity contribution in [3.8, 4) is 0 Å². The van der Waals surface area contributed by atoms with Gasteiger partial charge in [0, 0.05) is 19.3 Å². The van der Waals surface area contributed by atoms with Crippen LogP contribution in [0.5, 0.6) is 0 Å². The SMILES string of the molecule is O=C(NC(NC(=S)Nc1ccc(Br)cc1)C(Cl)(Cl)Cl)c1cccc(I)c1. The van der Waals surface area contributed by atoms with E-state index in [-0.39, 0.29) is 5.11 Å². The highest BCUT2D eigenvalue weighted by Gasteiger charge is 2.34. The van der Waals surface area contributed by atoms with Gasteiger partial charge in [0.2, 0.25) is 3.79 Å². The van der Waals surface area contributed by atoms with Crippen molar-refractivity contribution < 1.29 is 4.79 Å². The minimum absolute atomic E-state index is 0.201. The Morgan fingerprint density at radius 3 is 2.35 bits per heavy atom. The Bertz CT molecular complexity index is 802. The number of thiocarbonyl (C=S) groups is 1. The van der Waals surface area contributed by atoms with Gasteiger partial charge in [-0.1, -0.05) is 56.8 Å². The summed E-state index contributed by atoms with van der Waals surface area (Å²) in [6.07, 6.45) is -1.03. The first kappa shape index (κ1) is 22.0. The molecule has 1 amide bonds. The third-order valence-corrected chi connectivity index (χ3v) is 5.14. The Hall–Kier alpha value is -0.320. The summed E-state index contributed by atoms with van der Waals surface area (Å²) in [6, 6.07) is 14.4. The second kappa shape index (κ2) is 9.75. The predicted molar refractivity (Wildman–Crippen MR) is 124 cm³/mol. The highest BCUT2D eigenvalue weighted by molar-refractivity contribution is 14.1. The summed E-state index contributed by atoms with van der Waals surface area (Å²) < 4.78 is 0.0372. The molecule has 0 heterocycles. The van der Waals surface area contributed by atoms with Gasteiger partial charge < -0.3 is 16.0 Å². The molecule has 0 aliphatic rings. The van der Waals surface area contributed by atoms with E-state index in [1.807, 2.05) is 30.3 Å². The Morgan fingerprint density at radius 1 is 1.12 bits per heavy atom. The molecule has 0 aliphatic carbocycles. The fourth-order valence-corrected chi connectivity index (χ4v) is 3.25. The lowest BCUT2D eigenvalue weighted by Gasteiger charge is -2.27. The zero-order valence-electron chi connectivity index (χ0n) is 12.9. The quantitative estimate of drug-likeness (QED) is 0.187. The molecule has 26 heavy (non-hydrogen) atoms. The first-order valence-electron chi connectivity index (χ1n) is 7.11. The molecule has 2 aromatic carbocycles. The van der Waals surface area contributed by atoms with Crippen LogP contribution in [0, 0.1) is 3.57 Å². The Kier molecular flexibility index (Phi) is 8.24. The van der Waals surface area contributed by atoms with Gasteiger partial charge in [-0.3, -0.25) is 4.79 Å². The summed E-state index contributed by atoms with van der Waals surface area (Å²) in [6.45, 7) is 0. The maximum Gasteiger partial charge on any atom is 0.253 e. The summed E-state index contributed by atoms with van der Waals surface area (Å²) in [4.78, 5) is 12.4. The molecule has 138 valence electrons. The number of benzene rings is 2. The first-order valence-corrected chi connectivity index (χ1v) is 10.5. The highest BCUT2D eigenvalue weighted by atomic mass is 127. The zero-order chi connectivity index (χ0) is 19.3. The van der Waals surface area contributed by atoms with Gasteiger partial charge in [-0.15, -0.1) is 0 Å². The molecule has 0 saturated heterocycles. The fourth-order valence-electron chi connectivity index (χ4n) is 1.88. The summed E-state index contributed by atoms with van der Waals surface area (Å²) in [5, 5.41) is 8.62. The molecule has 0 radical (unpaired) electrons. The number of anilines is 1.